The van der Waals surface area contributed by atoms with Gasteiger partial charge in [-0.25, -0.2) is 0 Å². The first-order valence-corrected chi connectivity index (χ1v) is 9.48. The number of hydrogen-bond donors (Lipinski definition) is 1. The van der Waals surface area contributed by atoms with Crippen LogP contribution in [0.15, 0.2) is 24.3 Å². The van der Waals surface area contributed by atoms with Crippen molar-refractivity contribution in [2.75, 3.05) is 44.7 Å². The molecular formula is C20H28N4O2. The lowest BCUT2D eigenvalue weighted by Gasteiger charge is -2.37. The highest BCUT2D eigenvalue weighted by molar-refractivity contribution is 5.79. The second-order valence-corrected chi connectivity index (χ2v) is 7.26. The van der Waals surface area contributed by atoms with Crippen molar-refractivity contribution in [3.8, 4) is 11.8 Å². The molecule has 0 bridgehead atoms. The van der Waals surface area contributed by atoms with Crippen LogP contribution in [0.25, 0.3) is 0 Å². The molecule has 0 atom stereocenters. The predicted octanol–water partition coefficient (Wildman–Crippen LogP) is 2.16. The van der Waals surface area contributed by atoms with E-state index in [1.807, 2.05) is 12.1 Å². The van der Waals surface area contributed by atoms with Crippen molar-refractivity contribution in [2.24, 2.45) is 0 Å². The molecule has 1 saturated carbocycles. The second-order valence-electron chi connectivity index (χ2n) is 7.26. The molecule has 0 unspecified atom stereocenters. The molecule has 6 heteroatoms. The average Bonchev–Trinajstić information content (AvgIpc) is 2.69. The van der Waals surface area contributed by atoms with Crippen LogP contribution in [0.5, 0.6) is 5.75 Å². The lowest BCUT2D eigenvalue weighted by molar-refractivity contribution is -0.124. The van der Waals surface area contributed by atoms with Crippen molar-refractivity contribution >= 4 is 11.6 Å². The number of hydrogen-bond acceptors (Lipinski definition) is 5. The molecule has 0 aromatic heterocycles. The van der Waals surface area contributed by atoms with Crippen LogP contribution in [0.1, 0.15) is 32.1 Å². The van der Waals surface area contributed by atoms with Crippen LogP contribution in [-0.4, -0.2) is 56.2 Å². The lowest BCUT2D eigenvalue weighted by Crippen LogP contribution is -2.54. The Labute approximate surface area is 155 Å². The van der Waals surface area contributed by atoms with E-state index < -0.39 is 5.54 Å². The van der Waals surface area contributed by atoms with Crippen molar-refractivity contribution in [1.29, 1.82) is 5.26 Å². The van der Waals surface area contributed by atoms with Gasteiger partial charge in [0.25, 0.3) is 0 Å². The smallest absolute Gasteiger partial charge is 0.235 e. The highest BCUT2D eigenvalue weighted by Crippen LogP contribution is 2.27. The van der Waals surface area contributed by atoms with Gasteiger partial charge in [-0.1, -0.05) is 19.3 Å². The molecule has 1 heterocycles. The van der Waals surface area contributed by atoms with Crippen LogP contribution in [-0.2, 0) is 4.79 Å². The molecule has 1 aliphatic carbocycles. The van der Waals surface area contributed by atoms with Gasteiger partial charge in [-0.3, -0.25) is 9.69 Å². The third-order valence-corrected chi connectivity index (χ3v) is 5.48. The number of nitrogens with one attached hydrogen (secondary N) is 1. The van der Waals surface area contributed by atoms with Gasteiger partial charge >= 0.3 is 0 Å². The normalized spacial score (nSPS) is 20.2. The number of nitriles is 1. The van der Waals surface area contributed by atoms with Gasteiger partial charge in [-0.15, -0.1) is 0 Å². The summed E-state index contributed by atoms with van der Waals surface area (Å²) in [5, 5.41) is 12.5. The van der Waals surface area contributed by atoms with E-state index in [0.29, 0.717) is 6.54 Å². The average molecular weight is 356 g/mol. The molecule has 2 fully saturated rings. The first-order chi connectivity index (χ1) is 12.6. The summed E-state index contributed by atoms with van der Waals surface area (Å²) >= 11 is 0. The largest absolute Gasteiger partial charge is 0.497 e. The number of amides is 1. The van der Waals surface area contributed by atoms with Crippen molar-refractivity contribution < 1.29 is 9.53 Å². The molecule has 6 nitrogen and oxygen atoms in total. The summed E-state index contributed by atoms with van der Waals surface area (Å²) < 4.78 is 5.20. The number of piperazine rings is 1. The summed E-state index contributed by atoms with van der Waals surface area (Å²) in [5.41, 5.74) is 0.542. The van der Waals surface area contributed by atoms with Gasteiger partial charge in [-0.05, 0) is 37.1 Å². The van der Waals surface area contributed by atoms with Gasteiger partial charge in [0.15, 0.2) is 0 Å². The zero-order valence-electron chi connectivity index (χ0n) is 15.5. The summed E-state index contributed by atoms with van der Waals surface area (Å²) in [6.07, 6.45) is 4.76. The van der Waals surface area contributed by atoms with Gasteiger partial charge in [0.05, 0.1) is 19.7 Å². The van der Waals surface area contributed by atoms with E-state index in [0.717, 1.165) is 64.0 Å². The van der Waals surface area contributed by atoms with Crippen LogP contribution in [0.4, 0.5) is 5.69 Å². The maximum Gasteiger partial charge on any atom is 0.235 e. The molecule has 0 spiro atoms. The Hall–Kier alpha value is -2.26. The van der Waals surface area contributed by atoms with Crippen molar-refractivity contribution in [3.63, 3.8) is 0 Å². The first kappa shape index (κ1) is 18.5. The van der Waals surface area contributed by atoms with E-state index in [2.05, 4.69) is 33.3 Å². The summed E-state index contributed by atoms with van der Waals surface area (Å²) in [7, 11) is 1.67. The number of benzene rings is 1. The molecule has 1 N–H and O–H groups in total. The maximum atomic E-state index is 12.4. The Morgan fingerprint density at radius 1 is 1.15 bits per heavy atom. The monoisotopic (exact) mass is 356 g/mol. The zero-order chi connectivity index (χ0) is 18.4. The molecule has 3 rings (SSSR count). The molecule has 1 saturated heterocycles. The molecule has 0 radical (unpaired) electrons. The minimum absolute atomic E-state index is 0.0219. The van der Waals surface area contributed by atoms with E-state index >= 15 is 0 Å². The van der Waals surface area contributed by atoms with Gasteiger partial charge in [0, 0.05) is 31.9 Å². The Morgan fingerprint density at radius 3 is 2.38 bits per heavy atom. The highest BCUT2D eigenvalue weighted by atomic mass is 16.5. The standard InChI is InChI=1S/C20H28N4O2/c1-26-18-7-5-17(6-8-18)24-13-11-23(12-14-24)15-19(25)22-20(16-21)9-3-2-4-10-20/h5-8H,2-4,9-15H2,1H3,(H,22,25). The van der Waals surface area contributed by atoms with Gasteiger partial charge in [0.2, 0.25) is 5.91 Å². The summed E-state index contributed by atoms with van der Waals surface area (Å²) in [5.74, 6) is 0.838. The Kier molecular flexibility index (Phi) is 6.00. The number of carbonyl (C=O) groups excluding carboxylic acids is 1. The number of carbonyl (C=O) groups is 1. The number of anilines is 1. The van der Waals surface area contributed by atoms with Crippen LogP contribution in [0.3, 0.4) is 0 Å². The summed E-state index contributed by atoms with van der Waals surface area (Å²) in [6, 6.07) is 10.4. The number of nitrogens with zero attached hydrogens (tertiary/aromatic N) is 3. The van der Waals surface area contributed by atoms with Gasteiger partial charge < -0.3 is 15.0 Å². The third kappa shape index (κ3) is 4.47. The molecule has 2 aliphatic rings. The highest BCUT2D eigenvalue weighted by Gasteiger charge is 2.34. The van der Waals surface area contributed by atoms with E-state index in [4.69, 9.17) is 4.74 Å². The van der Waals surface area contributed by atoms with Crippen LogP contribution in [0.2, 0.25) is 0 Å². The molecule has 140 valence electrons. The quantitative estimate of drug-likeness (QED) is 0.876. The minimum atomic E-state index is -0.639. The van der Waals surface area contributed by atoms with Gasteiger partial charge in [0.1, 0.15) is 11.3 Å². The van der Waals surface area contributed by atoms with Crippen molar-refractivity contribution in [1.82, 2.24) is 10.2 Å². The van der Waals surface area contributed by atoms with Crippen molar-refractivity contribution in [2.45, 2.75) is 37.6 Å². The fourth-order valence-electron chi connectivity index (χ4n) is 3.89. The second kappa shape index (κ2) is 8.41. The zero-order valence-corrected chi connectivity index (χ0v) is 15.5. The van der Waals surface area contributed by atoms with Crippen LogP contribution < -0.4 is 15.0 Å². The van der Waals surface area contributed by atoms with E-state index in [-0.39, 0.29) is 5.91 Å². The summed E-state index contributed by atoms with van der Waals surface area (Å²) in [6.45, 7) is 3.85. The minimum Gasteiger partial charge on any atom is -0.497 e. The molecule has 1 aromatic rings. The maximum absolute atomic E-state index is 12.4. The number of methoxy groups -OCH3 is 1. The fourth-order valence-corrected chi connectivity index (χ4v) is 3.89. The Bertz CT molecular complexity index is 639. The molecule has 1 amide bonds. The Morgan fingerprint density at radius 2 is 1.81 bits per heavy atom. The topological polar surface area (TPSA) is 68.6 Å². The SMILES string of the molecule is COc1ccc(N2CCN(CC(=O)NC3(C#N)CCCCC3)CC2)cc1. The fraction of sp³-hybridized carbons (Fsp3) is 0.600. The Balaban J connectivity index is 1.47. The molecule has 1 aromatic carbocycles. The summed E-state index contributed by atoms with van der Waals surface area (Å²) in [4.78, 5) is 16.9. The van der Waals surface area contributed by atoms with E-state index in [1.165, 1.54) is 5.69 Å². The van der Waals surface area contributed by atoms with E-state index in [1.54, 1.807) is 7.11 Å². The number of rotatable bonds is 5. The number of ether oxygens (including phenoxy) is 1. The molecule has 26 heavy (non-hydrogen) atoms. The third-order valence-electron chi connectivity index (χ3n) is 5.48. The first-order valence-electron chi connectivity index (χ1n) is 9.48. The van der Waals surface area contributed by atoms with E-state index in [9.17, 15) is 10.1 Å². The van der Waals surface area contributed by atoms with Crippen molar-refractivity contribution in [3.05, 3.63) is 24.3 Å². The van der Waals surface area contributed by atoms with Crippen LogP contribution in [0, 0.1) is 11.3 Å². The lowest BCUT2D eigenvalue weighted by atomic mass is 9.83. The molecule has 1 aliphatic heterocycles. The molecular weight excluding hydrogens is 328 g/mol. The predicted molar refractivity (Wildman–Crippen MR) is 101 cm³/mol. The van der Waals surface area contributed by atoms with Gasteiger partial charge in [-0.2, -0.15) is 5.26 Å². The van der Waals surface area contributed by atoms with Crippen LogP contribution >= 0.6 is 0 Å².